The molecule has 0 N–H and O–H groups in total. The molecule has 102 valence electrons. The van der Waals surface area contributed by atoms with Crippen molar-refractivity contribution < 1.29 is 4.42 Å². The van der Waals surface area contributed by atoms with Crippen molar-refractivity contribution in [2.45, 2.75) is 13.3 Å². The van der Waals surface area contributed by atoms with Crippen molar-refractivity contribution in [1.82, 2.24) is 9.97 Å². The van der Waals surface area contributed by atoms with Gasteiger partial charge in [0.25, 0.3) is 0 Å². The molecule has 0 atom stereocenters. The van der Waals surface area contributed by atoms with Gasteiger partial charge in [-0.25, -0.2) is 0 Å². The number of hydrogen-bond donors (Lipinski definition) is 0. The fraction of sp³-hybridized carbons (Fsp3) is 0.111. The van der Waals surface area contributed by atoms with Gasteiger partial charge >= 0.3 is 0 Å². The zero-order valence-electron chi connectivity index (χ0n) is 11.7. The van der Waals surface area contributed by atoms with Crippen LogP contribution in [-0.4, -0.2) is 9.97 Å². The van der Waals surface area contributed by atoms with Crippen LogP contribution in [0, 0.1) is 0 Å². The van der Waals surface area contributed by atoms with Gasteiger partial charge in [0.05, 0.1) is 11.9 Å². The second-order valence-corrected chi connectivity index (χ2v) is 5.06. The number of hydrogen-bond acceptors (Lipinski definition) is 3. The van der Waals surface area contributed by atoms with E-state index in [0.29, 0.717) is 0 Å². The first-order chi connectivity index (χ1) is 10.4. The van der Waals surface area contributed by atoms with E-state index in [1.165, 1.54) is 5.56 Å². The van der Waals surface area contributed by atoms with Crippen molar-refractivity contribution in [3.05, 3.63) is 60.6 Å². The fourth-order valence-electron chi connectivity index (χ4n) is 2.65. The molecular weight excluding hydrogens is 260 g/mol. The number of furan rings is 1. The number of nitrogens with zero attached hydrogens (tertiary/aromatic N) is 2. The molecular formula is C18H14N2O. The molecule has 4 rings (SSSR count). The van der Waals surface area contributed by atoms with E-state index >= 15 is 0 Å². The molecule has 0 aliphatic carbocycles. The molecule has 0 amide bonds. The Morgan fingerprint density at radius 1 is 1.00 bits per heavy atom. The molecule has 0 aliphatic heterocycles. The Bertz CT molecular complexity index is 923. The Kier molecular flexibility index (Phi) is 2.71. The number of para-hydroxylation sites is 1. The van der Waals surface area contributed by atoms with Crippen molar-refractivity contribution in [3.63, 3.8) is 0 Å². The summed E-state index contributed by atoms with van der Waals surface area (Å²) in [5.74, 6) is 0. The van der Waals surface area contributed by atoms with Gasteiger partial charge in [0.15, 0.2) is 5.58 Å². The molecule has 4 aromatic rings. The van der Waals surface area contributed by atoms with Gasteiger partial charge in [-0.15, -0.1) is 0 Å². The van der Waals surface area contributed by atoms with Crippen molar-refractivity contribution >= 4 is 21.9 Å². The zero-order valence-corrected chi connectivity index (χ0v) is 11.7. The second-order valence-electron chi connectivity index (χ2n) is 5.06. The number of fused-ring (bicyclic) bond motifs is 3. The van der Waals surface area contributed by atoms with Gasteiger partial charge in [-0.05, 0) is 30.2 Å². The van der Waals surface area contributed by atoms with Crippen LogP contribution < -0.4 is 0 Å². The minimum Gasteiger partial charge on any atom is -0.454 e. The summed E-state index contributed by atoms with van der Waals surface area (Å²) in [6.07, 6.45) is 6.47. The molecule has 21 heavy (non-hydrogen) atoms. The summed E-state index contributed by atoms with van der Waals surface area (Å²) in [7, 11) is 0. The maximum atomic E-state index is 5.99. The van der Waals surface area contributed by atoms with Crippen LogP contribution in [0.5, 0.6) is 0 Å². The molecule has 0 saturated heterocycles. The number of aromatic nitrogens is 2. The van der Waals surface area contributed by atoms with Gasteiger partial charge in [0.2, 0.25) is 0 Å². The largest absolute Gasteiger partial charge is 0.454 e. The highest BCUT2D eigenvalue weighted by atomic mass is 16.3. The molecule has 0 saturated carbocycles. The van der Waals surface area contributed by atoms with E-state index in [1.807, 2.05) is 24.4 Å². The first-order valence-corrected chi connectivity index (χ1v) is 7.07. The third-order valence-corrected chi connectivity index (χ3v) is 3.81. The minimum atomic E-state index is 0.810. The Hall–Kier alpha value is -2.68. The van der Waals surface area contributed by atoms with E-state index in [-0.39, 0.29) is 0 Å². The van der Waals surface area contributed by atoms with Gasteiger partial charge in [0.1, 0.15) is 5.58 Å². The highest BCUT2D eigenvalue weighted by Gasteiger charge is 2.12. The highest BCUT2D eigenvalue weighted by Crippen LogP contribution is 2.34. The predicted molar refractivity (Wildman–Crippen MR) is 84.1 cm³/mol. The maximum Gasteiger partial charge on any atom is 0.153 e. The summed E-state index contributed by atoms with van der Waals surface area (Å²) in [6.45, 7) is 2.13. The fourth-order valence-corrected chi connectivity index (χ4v) is 2.65. The van der Waals surface area contributed by atoms with Crippen LogP contribution in [-0.2, 0) is 6.42 Å². The molecule has 0 fully saturated rings. The zero-order chi connectivity index (χ0) is 14.2. The number of rotatable bonds is 2. The molecule has 1 aromatic carbocycles. The summed E-state index contributed by atoms with van der Waals surface area (Å²) in [5.41, 5.74) is 4.87. The standard InChI is InChI=1S/C18H14N2O/c1-2-12-6-7-16(20-10-12)15-5-3-4-14-13-8-9-19-11-17(13)21-18(14)15/h3-11H,2H2,1H3. The van der Waals surface area contributed by atoms with Gasteiger partial charge in [-0.1, -0.05) is 25.1 Å². The number of pyridine rings is 2. The van der Waals surface area contributed by atoms with E-state index in [9.17, 15) is 0 Å². The van der Waals surface area contributed by atoms with Crippen molar-refractivity contribution in [2.24, 2.45) is 0 Å². The molecule has 0 unspecified atom stereocenters. The summed E-state index contributed by atoms with van der Waals surface area (Å²) in [6, 6.07) is 12.3. The first kappa shape index (κ1) is 12.1. The summed E-state index contributed by atoms with van der Waals surface area (Å²) >= 11 is 0. The summed E-state index contributed by atoms with van der Waals surface area (Å²) in [4.78, 5) is 8.69. The average molecular weight is 274 g/mol. The van der Waals surface area contributed by atoms with Crippen molar-refractivity contribution in [1.29, 1.82) is 0 Å². The van der Waals surface area contributed by atoms with E-state index in [0.717, 1.165) is 39.6 Å². The van der Waals surface area contributed by atoms with E-state index in [1.54, 1.807) is 12.4 Å². The normalized spacial score (nSPS) is 11.3. The van der Waals surface area contributed by atoms with E-state index < -0.39 is 0 Å². The Labute approximate surface area is 122 Å². The summed E-state index contributed by atoms with van der Waals surface area (Å²) in [5, 5.41) is 2.19. The van der Waals surface area contributed by atoms with E-state index in [2.05, 4.69) is 35.1 Å². The average Bonchev–Trinajstić information content (AvgIpc) is 2.94. The monoisotopic (exact) mass is 274 g/mol. The molecule has 3 nitrogen and oxygen atoms in total. The van der Waals surface area contributed by atoms with Crippen LogP contribution in [0.3, 0.4) is 0 Å². The van der Waals surface area contributed by atoms with Crippen LogP contribution in [0.25, 0.3) is 33.2 Å². The maximum absolute atomic E-state index is 5.99. The molecule has 3 aromatic heterocycles. The Morgan fingerprint density at radius 3 is 2.76 bits per heavy atom. The van der Waals surface area contributed by atoms with Gasteiger partial charge in [0, 0.05) is 28.7 Å². The highest BCUT2D eigenvalue weighted by molar-refractivity contribution is 6.08. The van der Waals surface area contributed by atoms with E-state index in [4.69, 9.17) is 4.42 Å². The Morgan fingerprint density at radius 2 is 1.95 bits per heavy atom. The van der Waals surface area contributed by atoms with Crippen LogP contribution in [0.1, 0.15) is 12.5 Å². The molecule has 0 bridgehead atoms. The van der Waals surface area contributed by atoms with Crippen LogP contribution in [0.4, 0.5) is 0 Å². The van der Waals surface area contributed by atoms with Crippen molar-refractivity contribution in [2.75, 3.05) is 0 Å². The SMILES string of the molecule is CCc1ccc(-c2cccc3c2oc2cnccc23)nc1. The lowest BCUT2D eigenvalue weighted by Gasteiger charge is -2.03. The third kappa shape index (κ3) is 1.89. The van der Waals surface area contributed by atoms with Gasteiger partial charge < -0.3 is 4.42 Å². The second kappa shape index (κ2) is 4.70. The molecule has 0 aliphatic rings. The molecule has 3 heterocycles. The smallest absolute Gasteiger partial charge is 0.153 e. The van der Waals surface area contributed by atoms with Crippen LogP contribution >= 0.6 is 0 Å². The molecule has 0 radical (unpaired) electrons. The topological polar surface area (TPSA) is 38.9 Å². The quantitative estimate of drug-likeness (QED) is 0.536. The lowest BCUT2D eigenvalue weighted by Crippen LogP contribution is -1.86. The Balaban J connectivity index is 1.99. The van der Waals surface area contributed by atoms with Crippen molar-refractivity contribution in [3.8, 4) is 11.3 Å². The number of benzene rings is 1. The van der Waals surface area contributed by atoms with Gasteiger partial charge in [-0.2, -0.15) is 0 Å². The third-order valence-electron chi connectivity index (χ3n) is 3.81. The minimum absolute atomic E-state index is 0.810. The predicted octanol–water partition coefficient (Wildman–Crippen LogP) is 4.61. The number of aryl methyl sites for hydroxylation is 1. The molecule has 0 spiro atoms. The lowest BCUT2D eigenvalue weighted by atomic mass is 10.1. The first-order valence-electron chi connectivity index (χ1n) is 7.07. The lowest BCUT2D eigenvalue weighted by molar-refractivity contribution is 0.667. The van der Waals surface area contributed by atoms with Crippen LogP contribution in [0.2, 0.25) is 0 Å². The van der Waals surface area contributed by atoms with Gasteiger partial charge in [-0.3, -0.25) is 9.97 Å². The summed E-state index contributed by atoms with van der Waals surface area (Å²) < 4.78 is 5.99. The molecule has 3 heteroatoms. The van der Waals surface area contributed by atoms with Crippen LogP contribution in [0.15, 0.2) is 59.4 Å².